The summed E-state index contributed by atoms with van der Waals surface area (Å²) in [6.45, 7) is 1.77. The van der Waals surface area contributed by atoms with E-state index in [4.69, 9.17) is 28.0 Å². The summed E-state index contributed by atoms with van der Waals surface area (Å²) in [7, 11) is 1.48. The molecule has 0 radical (unpaired) electrons. The number of carbonyl (C=O) groups is 1. The molecule has 0 bridgehead atoms. The Morgan fingerprint density at radius 3 is 2.58 bits per heavy atom. The highest BCUT2D eigenvalue weighted by molar-refractivity contribution is 6.42. The topological polar surface area (TPSA) is 76.1 Å². The standard InChI is InChI=1S/C16H16Cl2N4O2/c1-10-19-8-12(9-20-10)21-16(23)6-5-15(22-24-2)11-3-4-13(17)14(18)7-11/h3-5,7-9,22H,6H2,1-2H3,(H,21,23). The minimum Gasteiger partial charge on any atom is -0.323 e. The van der Waals surface area contributed by atoms with Crippen molar-refractivity contribution < 1.29 is 9.63 Å². The fourth-order valence-corrected chi connectivity index (χ4v) is 2.15. The first-order valence-corrected chi connectivity index (χ1v) is 7.78. The van der Waals surface area contributed by atoms with Crippen molar-refractivity contribution in [2.45, 2.75) is 13.3 Å². The predicted octanol–water partition coefficient (Wildman–Crippen LogP) is 3.61. The van der Waals surface area contributed by atoms with Gasteiger partial charge in [0.1, 0.15) is 5.82 Å². The summed E-state index contributed by atoms with van der Waals surface area (Å²) < 4.78 is 0. The van der Waals surface area contributed by atoms with Gasteiger partial charge in [-0.15, -0.1) is 0 Å². The molecule has 0 spiro atoms. The number of benzene rings is 1. The maximum Gasteiger partial charge on any atom is 0.228 e. The van der Waals surface area contributed by atoms with E-state index >= 15 is 0 Å². The second-order valence-corrected chi connectivity index (χ2v) is 5.64. The van der Waals surface area contributed by atoms with Crippen LogP contribution in [-0.2, 0) is 9.63 Å². The Kier molecular flexibility index (Phi) is 6.54. The summed E-state index contributed by atoms with van der Waals surface area (Å²) in [6.07, 6.45) is 4.92. The van der Waals surface area contributed by atoms with Crippen molar-refractivity contribution in [2.75, 3.05) is 12.4 Å². The van der Waals surface area contributed by atoms with Crippen LogP contribution < -0.4 is 10.8 Å². The van der Waals surface area contributed by atoms with E-state index in [1.165, 1.54) is 7.11 Å². The van der Waals surface area contributed by atoms with Gasteiger partial charge in [-0.05, 0) is 25.1 Å². The van der Waals surface area contributed by atoms with Crippen molar-refractivity contribution in [3.63, 3.8) is 0 Å². The van der Waals surface area contributed by atoms with E-state index < -0.39 is 0 Å². The molecule has 0 aliphatic carbocycles. The molecule has 6 nitrogen and oxygen atoms in total. The molecule has 2 aromatic rings. The Balaban J connectivity index is 2.08. The molecule has 2 N–H and O–H groups in total. The normalized spacial score (nSPS) is 11.2. The number of nitrogens with zero attached hydrogens (tertiary/aromatic N) is 2. The molecule has 1 amide bonds. The summed E-state index contributed by atoms with van der Waals surface area (Å²) in [5.41, 5.74) is 4.61. The van der Waals surface area contributed by atoms with E-state index in [0.717, 1.165) is 5.56 Å². The Bertz CT molecular complexity index is 748. The van der Waals surface area contributed by atoms with Crippen LogP contribution >= 0.6 is 23.2 Å². The molecule has 0 fully saturated rings. The molecule has 0 aliphatic rings. The molecule has 1 aromatic carbocycles. The number of hydroxylamine groups is 1. The second-order valence-electron chi connectivity index (χ2n) is 4.82. The second kappa shape index (κ2) is 8.63. The van der Waals surface area contributed by atoms with Gasteiger partial charge < -0.3 is 5.32 Å². The number of nitrogens with one attached hydrogen (secondary N) is 2. The van der Waals surface area contributed by atoms with E-state index in [1.807, 2.05) is 0 Å². The molecule has 0 aliphatic heterocycles. The van der Waals surface area contributed by atoms with E-state index in [0.29, 0.717) is 27.3 Å². The Morgan fingerprint density at radius 2 is 1.96 bits per heavy atom. The molecule has 0 saturated heterocycles. The quantitative estimate of drug-likeness (QED) is 0.763. The van der Waals surface area contributed by atoms with Crippen molar-refractivity contribution >= 4 is 40.5 Å². The summed E-state index contributed by atoms with van der Waals surface area (Å²) in [4.78, 5) is 25.0. The van der Waals surface area contributed by atoms with E-state index in [1.54, 1.807) is 43.6 Å². The van der Waals surface area contributed by atoms with Crippen LogP contribution in [0.25, 0.3) is 5.70 Å². The fourth-order valence-electron chi connectivity index (χ4n) is 1.86. The van der Waals surface area contributed by atoms with Gasteiger partial charge in [-0.1, -0.05) is 29.3 Å². The lowest BCUT2D eigenvalue weighted by atomic mass is 10.1. The zero-order valence-electron chi connectivity index (χ0n) is 13.1. The van der Waals surface area contributed by atoms with Crippen molar-refractivity contribution in [3.05, 3.63) is 58.1 Å². The number of aromatic nitrogens is 2. The number of halogens is 2. The third-order valence-electron chi connectivity index (χ3n) is 3.00. The lowest BCUT2D eigenvalue weighted by Crippen LogP contribution is -2.14. The highest BCUT2D eigenvalue weighted by atomic mass is 35.5. The van der Waals surface area contributed by atoms with E-state index in [-0.39, 0.29) is 12.3 Å². The molecule has 8 heteroatoms. The van der Waals surface area contributed by atoms with Gasteiger partial charge in [0.05, 0.1) is 40.9 Å². The predicted molar refractivity (Wildman–Crippen MR) is 94.6 cm³/mol. The van der Waals surface area contributed by atoms with E-state index in [2.05, 4.69) is 20.8 Å². The van der Waals surface area contributed by atoms with Gasteiger partial charge in [0.15, 0.2) is 0 Å². The number of rotatable bonds is 6. The van der Waals surface area contributed by atoms with Crippen molar-refractivity contribution in [2.24, 2.45) is 0 Å². The highest BCUT2D eigenvalue weighted by Gasteiger charge is 2.07. The first-order valence-electron chi connectivity index (χ1n) is 7.02. The van der Waals surface area contributed by atoms with Gasteiger partial charge in [-0.2, -0.15) is 0 Å². The highest BCUT2D eigenvalue weighted by Crippen LogP contribution is 2.25. The Morgan fingerprint density at radius 1 is 1.25 bits per heavy atom. The Hall–Kier alpha value is -2.15. The van der Waals surface area contributed by atoms with Crippen LogP contribution in [0.2, 0.25) is 10.0 Å². The van der Waals surface area contributed by atoms with Gasteiger partial charge in [0.2, 0.25) is 5.91 Å². The summed E-state index contributed by atoms with van der Waals surface area (Å²) in [6, 6.07) is 5.14. The van der Waals surface area contributed by atoms with E-state index in [9.17, 15) is 4.79 Å². The maximum atomic E-state index is 12.0. The molecule has 2 rings (SSSR count). The molecule has 24 heavy (non-hydrogen) atoms. The molecule has 1 aromatic heterocycles. The number of carbonyl (C=O) groups excluding carboxylic acids is 1. The Labute approximate surface area is 149 Å². The summed E-state index contributed by atoms with van der Waals surface area (Å²) in [5, 5.41) is 3.58. The smallest absolute Gasteiger partial charge is 0.228 e. The van der Waals surface area contributed by atoms with Crippen LogP contribution in [0.1, 0.15) is 17.8 Å². The first kappa shape index (κ1) is 18.2. The van der Waals surface area contributed by atoms with Crippen LogP contribution in [0.4, 0.5) is 5.69 Å². The molecular formula is C16H16Cl2N4O2. The lowest BCUT2D eigenvalue weighted by molar-refractivity contribution is -0.115. The number of hydrogen-bond donors (Lipinski definition) is 2. The minimum atomic E-state index is -0.210. The largest absolute Gasteiger partial charge is 0.323 e. The molecule has 1 heterocycles. The van der Waals surface area contributed by atoms with Gasteiger partial charge in [-0.3, -0.25) is 15.1 Å². The summed E-state index contributed by atoms with van der Waals surface area (Å²) >= 11 is 11.9. The van der Waals surface area contributed by atoms with Crippen molar-refractivity contribution in [1.29, 1.82) is 0 Å². The molecular weight excluding hydrogens is 351 g/mol. The molecule has 0 unspecified atom stereocenters. The molecule has 0 atom stereocenters. The minimum absolute atomic E-state index is 0.125. The average molecular weight is 367 g/mol. The monoisotopic (exact) mass is 366 g/mol. The summed E-state index contributed by atoms with van der Waals surface area (Å²) in [5.74, 6) is 0.428. The molecule has 0 saturated carbocycles. The third kappa shape index (κ3) is 5.19. The zero-order valence-corrected chi connectivity index (χ0v) is 14.6. The number of aryl methyl sites for hydroxylation is 1. The number of amides is 1. The van der Waals surface area contributed by atoms with Crippen molar-refractivity contribution in [1.82, 2.24) is 15.4 Å². The van der Waals surface area contributed by atoms with Gasteiger partial charge in [0.25, 0.3) is 0 Å². The van der Waals surface area contributed by atoms with Gasteiger partial charge >= 0.3 is 0 Å². The fraction of sp³-hybridized carbons (Fsp3) is 0.188. The average Bonchev–Trinajstić information content (AvgIpc) is 2.56. The lowest BCUT2D eigenvalue weighted by Gasteiger charge is -2.10. The molecule has 126 valence electrons. The van der Waals surface area contributed by atoms with Crippen LogP contribution in [-0.4, -0.2) is 23.0 Å². The van der Waals surface area contributed by atoms with Crippen LogP contribution in [0.3, 0.4) is 0 Å². The number of hydrogen-bond acceptors (Lipinski definition) is 5. The van der Waals surface area contributed by atoms with Crippen molar-refractivity contribution in [3.8, 4) is 0 Å². The van der Waals surface area contributed by atoms with Crippen LogP contribution in [0.15, 0.2) is 36.7 Å². The van der Waals surface area contributed by atoms with Crippen LogP contribution in [0.5, 0.6) is 0 Å². The maximum absolute atomic E-state index is 12.0. The van der Waals surface area contributed by atoms with Gasteiger partial charge in [0, 0.05) is 12.0 Å². The number of anilines is 1. The SMILES string of the molecule is CONC(=CCC(=O)Nc1cnc(C)nc1)c1ccc(Cl)c(Cl)c1. The first-order chi connectivity index (χ1) is 11.5. The van der Waals surface area contributed by atoms with Gasteiger partial charge in [-0.25, -0.2) is 9.97 Å². The third-order valence-corrected chi connectivity index (χ3v) is 3.74. The van der Waals surface area contributed by atoms with Crippen LogP contribution in [0, 0.1) is 6.92 Å². The zero-order chi connectivity index (χ0) is 17.5.